The molecule has 1 atom stereocenters. The fraction of sp³-hybridized carbons (Fsp3) is 0.300. The highest BCUT2D eigenvalue weighted by Crippen LogP contribution is 2.29. The highest BCUT2D eigenvalue weighted by molar-refractivity contribution is 6.30. The summed E-state index contributed by atoms with van der Waals surface area (Å²) >= 11 is 5.34. The van der Waals surface area contributed by atoms with Gasteiger partial charge in [-0.3, -0.25) is 4.79 Å². The van der Waals surface area contributed by atoms with Crippen molar-refractivity contribution >= 4 is 17.6 Å². The lowest BCUT2D eigenvalue weighted by atomic mass is 10.0. The summed E-state index contributed by atoms with van der Waals surface area (Å²) in [6, 6.07) is -0.765. The molecule has 0 aliphatic rings. The highest BCUT2D eigenvalue weighted by Gasteiger charge is 2.23. The molecule has 1 unspecified atom stereocenters. The number of hydrogen-bond donors (Lipinski definition) is 2. The largest absolute Gasteiger partial charge is 0.481 e. The van der Waals surface area contributed by atoms with E-state index in [4.69, 9.17) is 22.4 Å². The maximum atomic E-state index is 13.5. The van der Waals surface area contributed by atoms with E-state index in [1.165, 1.54) is 0 Å². The predicted molar refractivity (Wildman–Crippen MR) is 55.1 cm³/mol. The summed E-state index contributed by atoms with van der Waals surface area (Å²) in [6.45, 7) is 0. The van der Waals surface area contributed by atoms with E-state index in [0.717, 1.165) is 0 Å². The summed E-state index contributed by atoms with van der Waals surface area (Å²) in [5, 5.41) is 7.82. The van der Waals surface area contributed by atoms with Gasteiger partial charge in [0, 0.05) is 18.0 Å². The summed E-state index contributed by atoms with van der Waals surface area (Å²) in [5.74, 6) is -5.09. The van der Waals surface area contributed by atoms with Crippen molar-refractivity contribution < 1.29 is 23.1 Å². The van der Waals surface area contributed by atoms with Gasteiger partial charge in [0.1, 0.15) is 5.82 Å². The average molecular weight is 268 g/mol. The molecule has 0 spiro atoms. The predicted octanol–water partition coefficient (Wildman–Crippen LogP) is 2.62. The molecule has 1 aromatic rings. The van der Waals surface area contributed by atoms with Crippen LogP contribution in [0.25, 0.3) is 0 Å². The molecule has 0 amide bonds. The van der Waals surface area contributed by atoms with Crippen molar-refractivity contribution in [2.45, 2.75) is 18.9 Å². The van der Waals surface area contributed by atoms with Crippen molar-refractivity contribution in [3.63, 3.8) is 0 Å². The molecule has 17 heavy (non-hydrogen) atoms. The fourth-order valence-electron chi connectivity index (χ4n) is 1.34. The summed E-state index contributed by atoms with van der Waals surface area (Å²) in [6.07, 6.45) is -0.600. The number of halogens is 4. The summed E-state index contributed by atoms with van der Waals surface area (Å²) in [7, 11) is 0. The van der Waals surface area contributed by atoms with Crippen LogP contribution in [0, 0.1) is 17.5 Å². The topological polar surface area (TPSA) is 63.3 Å². The van der Waals surface area contributed by atoms with Crippen LogP contribution < -0.4 is 5.73 Å². The standard InChI is InChI=1S/C10H9ClF3NO2/c11-4-3-5(12)10(14)8(9(4)13)6(15)1-2-7(16)17/h3,6H,1-2,15H2,(H,16,17). The summed E-state index contributed by atoms with van der Waals surface area (Å²) in [5.41, 5.74) is 4.69. The van der Waals surface area contributed by atoms with E-state index in [-0.39, 0.29) is 12.8 Å². The average Bonchev–Trinajstić information content (AvgIpc) is 2.24. The maximum Gasteiger partial charge on any atom is 0.303 e. The lowest BCUT2D eigenvalue weighted by Gasteiger charge is -2.14. The van der Waals surface area contributed by atoms with Crippen LogP contribution in [0.3, 0.4) is 0 Å². The Morgan fingerprint density at radius 1 is 1.41 bits per heavy atom. The van der Waals surface area contributed by atoms with Gasteiger partial charge in [-0.15, -0.1) is 0 Å². The van der Waals surface area contributed by atoms with E-state index in [2.05, 4.69) is 0 Å². The number of rotatable bonds is 4. The molecular formula is C10H9ClF3NO2. The summed E-state index contributed by atoms with van der Waals surface area (Å²) < 4.78 is 39.7. The first-order chi connectivity index (χ1) is 7.84. The van der Waals surface area contributed by atoms with Crippen molar-refractivity contribution in [1.82, 2.24) is 0 Å². The van der Waals surface area contributed by atoms with Gasteiger partial charge in [-0.25, -0.2) is 13.2 Å². The van der Waals surface area contributed by atoms with E-state index >= 15 is 0 Å². The number of benzene rings is 1. The van der Waals surface area contributed by atoms with Crippen molar-refractivity contribution in [2.75, 3.05) is 0 Å². The maximum absolute atomic E-state index is 13.5. The van der Waals surface area contributed by atoms with Crippen LogP contribution in [0.1, 0.15) is 24.4 Å². The van der Waals surface area contributed by atoms with Gasteiger partial charge in [-0.1, -0.05) is 11.6 Å². The van der Waals surface area contributed by atoms with E-state index in [1.807, 2.05) is 0 Å². The molecule has 3 N–H and O–H groups in total. The minimum atomic E-state index is -1.44. The van der Waals surface area contributed by atoms with Gasteiger partial charge in [0.25, 0.3) is 0 Å². The van der Waals surface area contributed by atoms with Crippen molar-refractivity contribution in [2.24, 2.45) is 5.73 Å². The Labute approximate surface area is 100.0 Å². The Balaban J connectivity index is 3.07. The van der Waals surface area contributed by atoms with Gasteiger partial charge >= 0.3 is 5.97 Å². The van der Waals surface area contributed by atoms with Gasteiger partial charge in [-0.2, -0.15) is 0 Å². The molecule has 0 saturated heterocycles. The van der Waals surface area contributed by atoms with E-state index in [9.17, 15) is 18.0 Å². The van der Waals surface area contributed by atoms with Gasteiger partial charge in [0.15, 0.2) is 11.6 Å². The molecule has 1 aromatic carbocycles. The summed E-state index contributed by atoms with van der Waals surface area (Å²) in [4.78, 5) is 10.3. The number of nitrogens with two attached hydrogens (primary N) is 1. The third-order valence-corrected chi connectivity index (χ3v) is 2.46. The molecule has 7 heteroatoms. The second-order valence-corrected chi connectivity index (χ2v) is 3.83. The van der Waals surface area contributed by atoms with Crippen LogP contribution in [0.2, 0.25) is 5.02 Å². The Morgan fingerprint density at radius 3 is 2.53 bits per heavy atom. The van der Waals surface area contributed by atoms with Crippen LogP contribution in [-0.2, 0) is 4.79 Å². The van der Waals surface area contributed by atoms with Gasteiger partial charge in [-0.05, 0) is 12.5 Å². The third-order valence-electron chi connectivity index (χ3n) is 2.19. The Bertz CT molecular complexity index is 427. The molecule has 0 aliphatic heterocycles. The second-order valence-electron chi connectivity index (χ2n) is 3.42. The number of carboxylic acid groups (broad SMARTS) is 1. The molecule has 0 bridgehead atoms. The molecule has 3 nitrogen and oxygen atoms in total. The van der Waals surface area contributed by atoms with Gasteiger partial charge in [0.05, 0.1) is 5.02 Å². The molecule has 0 heterocycles. The van der Waals surface area contributed by atoms with E-state index in [0.29, 0.717) is 6.07 Å². The Kier molecular flexibility index (Phi) is 4.36. The molecule has 1 rings (SSSR count). The van der Waals surface area contributed by atoms with Gasteiger partial charge in [0.2, 0.25) is 0 Å². The zero-order valence-electron chi connectivity index (χ0n) is 8.51. The second kappa shape index (κ2) is 5.37. The van der Waals surface area contributed by atoms with Crippen LogP contribution in [0.4, 0.5) is 13.2 Å². The smallest absolute Gasteiger partial charge is 0.303 e. The molecule has 0 aliphatic carbocycles. The van der Waals surface area contributed by atoms with Crippen LogP contribution in [-0.4, -0.2) is 11.1 Å². The normalized spacial score (nSPS) is 12.5. The highest BCUT2D eigenvalue weighted by atomic mass is 35.5. The fourth-order valence-corrected chi connectivity index (χ4v) is 1.54. The van der Waals surface area contributed by atoms with Crippen molar-refractivity contribution in [3.05, 3.63) is 34.1 Å². The zero-order chi connectivity index (χ0) is 13.2. The SMILES string of the molecule is NC(CCC(=O)O)c1c(F)c(F)cc(Cl)c1F. The lowest BCUT2D eigenvalue weighted by molar-refractivity contribution is -0.137. The number of carboxylic acids is 1. The molecule has 0 saturated carbocycles. The van der Waals surface area contributed by atoms with Crippen LogP contribution in [0.5, 0.6) is 0 Å². The first-order valence-corrected chi connectivity index (χ1v) is 5.02. The minimum absolute atomic E-state index is 0.219. The first kappa shape index (κ1) is 13.8. The van der Waals surface area contributed by atoms with Crippen LogP contribution >= 0.6 is 11.6 Å². The number of aliphatic carboxylic acids is 1. The molecular weight excluding hydrogens is 259 g/mol. The molecule has 0 radical (unpaired) electrons. The Hall–Kier alpha value is -1.27. The zero-order valence-corrected chi connectivity index (χ0v) is 9.27. The quantitative estimate of drug-likeness (QED) is 0.824. The molecule has 0 fully saturated rings. The number of hydrogen-bond acceptors (Lipinski definition) is 2. The van der Waals surface area contributed by atoms with Crippen molar-refractivity contribution in [1.29, 1.82) is 0 Å². The monoisotopic (exact) mass is 267 g/mol. The molecule has 94 valence electrons. The number of carbonyl (C=O) groups is 1. The van der Waals surface area contributed by atoms with Crippen molar-refractivity contribution in [3.8, 4) is 0 Å². The minimum Gasteiger partial charge on any atom is -0.481 e. The Morgan fingerprint density at radius 2 is 2.00 bits per heavy atom. The van der Waals surface area contributed by atoms with Crippen LogP contribution in [0.15, 0.2) is 6.07 Å². The van der Waals surface area contributed by atoms with E-state index in [1.54, 1.807) is 0 Å². The lowest BCUT2D eigenvalue weighted by Crippen LogP contribution is -2.17. The van der Waals surface area contributed by atoms with E-state index < -0.39 is 40.0 Å². The molecule has 0 aromatic heterocycles. The third kappa shape index (κ3) is 3.10. The van der Waals surface area contributed by atoms with Gasteiger partial charge < -0.3 is 10.8 Å². The first-order valence-electron chi connectivity index (χ1n) is 4.64.